The zero-order valence-corrected chi connectivity index (χ0v) is 16.2. The van der Waals surface area contributed by atoms with Crippen LogP contribution in [0.5, 0.6) is 0 Å². The molecule has 3 heterocycles. The molecule has 3 unspecified atom stereocenters. The molecule has 4 rings (SSSR count). The molecule has 0 saturated carbocycles. The predicted molar refractivity (Wildman–Crippen MR) is 105 cm³/mol. The lowest BCUT2D eigenvalue weighted by molar-refractivity contribution is -0.124. The van der Waals surface area contributed by atoms with Crippen LogP contribution in [0.3, 0.4) is 0 Å². The molecule has 0 aromatic heterocycles. The monoisotopic (exact) mass is 388 g/mol. The molecule has 3 saturated heterocycles. The van der Waals surface area contributed by atoms with Crippen molar-refractivity contribution in [3.05, 3.63) is 30.1 Å². The topological polar surface area (TPSA) is 64.7 Å². The third-order valence-electron chi connectivity index (χ3n) is 6.25. The molecule has 0 spiro atoms. The molecule has 2 amide bonds. The molecule has 0 radical (unpaired) electrons. The molecule has 2 N–H and O–H groups in total. The summed E-state index contributed by atoms with van der Waals surface area (Å²) >= 11 is 0. The number of anilines is 1. The molecule has 7 heteroatoms. The molecule has 0 bridgehead atoms. The number of para-hydroxylation sites is 1. The number of likely N-dealkylation sites (tertiary alicyclic amines) is 1. The Labute approximate surface area is 165 Å². The highest BCUT2D eigenvalue weighted by Gasteiger charge is 2.39. The maximum atomic E-state index is 14.1. The van der Waals surface area contributed by atoms with E-state index in [0.717, 1.165) is 51.7 Å². The van der Waals surface area contributed by atoms with E-state index >= 15 is 0 Å². The van der Waals surface area contributed by atoms with Gasteiger partial charge < -0.3 is 15.5 Å². The van der Waals surface area contributed by atoms with Gasteiger partial charge in [0.25, 0.3) is 0 Å². The van der Waals surface area contributed by atoms with Gasteiger partial charge in [-0.15, -0.1) is 0 Å². The summed E-state index contributed by atoms with van der Waals surface area (Å²) in [5.74, 6) is 0.0907. The van der Waals surface area contributed by atoms with Crippen LogP contribution in [-0.2, 0) is 9.59 Å². The first-order valence-corrected chi connectivity index (χ1v) is 10.4. The van der Waals surface area contributed by atoms with Crippen LogP contribution in [0, 0.1) is 11.7 Å². The number of carbonyl (C=O) groups excluding carboxylic acids is 2. The van der Waals surface area contributed by atoms with Crippen LogP contribution < -0.4 is 15.5 Å². The molecule has 152 valence electrons. The lowest BCUT2D eigenvalue weighted by Gasteiger charge is -2.36. The number of hydrogen-bond acceptors (Lipinski definition) is 4. The van der Waals surface area contributed by atoms with E-state index in [1.54, 1.807) is 23.1 Å². The first kappa shape index (κ1) is 19.3. The van der Waals surface area contributed by atoms with Crippen molar-refractivity contribution < 1.29 is 14.0 Å². The third kappa shape index (κ3) is 4.05. The number of rotatable bonds is 5. The average Bonchev–Trinajstić information content (AvgIpc) is 3.37. The smallest absolute Gasteiger partial charge is 0.244 e. The number of halogens is 1. The molecular formula is C21H29FN4O2. The van der Waals surface area contributed by atoms with E-state index in [1.165, 1.54) is 6.07 Å². The van der Waals surface area contributed by atoms with Crippen molar-refractivity contribution in [2.75, 3.05) is 37.6 Å². The summed E-state index contributed by atoms with van der Waals surface area (Å²) in [5, 5.41) is 6.31. The molecule has 3 atom stereocenters. The first-order valence-electron chi connectivity index (χ1n) is 10.4. The van der Waals surface area contributed by atoms with E-state index < -0.39 is 0 Å². The highest BCUT2D eigenvalue weighted by molar-refractivity contribution is 5.99. The Morgan fingerprint density at radius 2 is 2.04 bits per heavy atom. The second-order valence-corrected chi connectivity index (χ2v) is 8.14. The maximum absolute atomic E-state index is 14.1. The van der Waals surface area contributed by atoms with Crippen molar-refractivity contribution in [3.8, 4) is 0 Å². The van der Waals surface area contributed by atoms with Crippen molar-refractivity contribution in [2.24, 2.45) is 5.92 Å². The highest BCUT2D eigenvalue weighted by Crippen LogP contribution is 2.29. The predicted octanol–water partition coefficient (Wildman–Crippen LogP) is 1.51. The fourth-order valence-corrected chi connectivity index (χ4v) is 4.74. The number of nitrogens with one attached hydrogen (secondary N) is 2. The normalized spacial score (nSPS) is 28.7. The van der Waals surface area contributed by atoms with Gasteiger partial charge in [0.1, 0.15) is 5.82 Å². The SMILES string of the molecule is O=C(NCC1CCCN(C2CCN(c3ccccc3F)C2=O)C1)C1CCCN1. The van der Waals surface area contributed by atoms with E-state index in [-0.39, 0.29) is 29.7 Å². The summed E-state index contributed by atoms with van der Waals surface area (Å²) in [6.45, 7) is 3.81. The zero-order chi connectivity index (χ0) is 19.5. The maximum Gasteiger partial charge on any atom is 0.244 e. The largest absolute Gasteiger partial charge is 0.354 e. The van der Waals surface area contributed by atoms with E-state index in [2.05, 4.69) is 15.5 Å². The molecule has 1 aromatic carbocycles. The van der Waals surface area contributed by atoms with E-state index in [9.17, 15) is 14.0 Å². The molecule has 3 aliphatic rings. The van der Waals surface area contributed by atoms with E-state index in [4.69, 9.17) is 0 Å². The zero-order valence-electron chi connectivity index (χ0n) is 16.2. The Morgan fingerprint density at radius 3 is 2.82 bits per heavy atom. The molecule has 3 fully saturated rings. The van der Waals surface area contributed by atoms with Gasteiger partial charge in [-0.1, -0.05) is 12.1 Å². The van der Waals surface area contributed by atoms with E-state index in [0.29, 0.717) is 24.7 Å². The van der Waals surface area contributed by atoms with Crippen LogP contribution in [0.4, 0.5) is 10.1 Å². The van der Waals surface area contributed by atoms with Gasteiger partial charge in [-0.3, -0.25) is 14.5 Å². The van der Waals surface area contributed by atoms with Crippen molar-refractivity contribution in [1.29, 1.82) is 0 Å². The van der Waals surface area contributed by atoms with Gasteiger partial charge in [-0.05, 0) is 63.2 Å². The fraction of sp³-hybridized carbons (Fsp3) is 0.619. The van der Waals surface area contributed by atoms with Crippen LogP contribution in [0.25, 0.3) is 0 Å². The number of carbonyl (C=O) groups is 2. The third-order valence-corrected chi connectivity index (χ3v) is 6.25. The number of amides is 2. The van der Waals surface area contributed by atoms with Gasteiger partial charge in [0.2, 0.25) is 11.8 Å². The second kappa shape index (κ2) is 8.57. The minimum atomic E-state index is -0.351. The fourth-order valence-electron chi connectivity index (χ4n) is 4.74. The van der Waals surface area contributed by atoms with Crippen LogP contribution in [-0.4, -0.2) is 61.5 Å². The standard InChI is InChI=1S/C21H29FN4O2/c22-16-6-1-2-8-18(16)26-12-9-19(21(26)28)25-11-4-5-15(14-25)13-24-20(27)17-7-3-10-23-17/h1-2,6,8,15,17,19,23H,3-5,7,9-14H2,(H,24,27). The number of benzene rings is 1. The van der Waals surface area contributed by atoms with Crippen molar-refractivity contribution in [3.63, 3.8) is 0 Å². The van der Waals surface area contributed by atoms with Crippen LogP contribution in [0.15, 0.2) is 24.3 Å². The minimum absolute atomic E-state index is 0.00931. The summed E-state index contributed by atoms with van der Waals surface area (Å²) < 4.78 is 14.1. The first-order chi connectivity index (χ1) is 13.6. The molecular weight excluding hydrogens is 359 g/mol. The quantitative estimate of drug-likeness (QED) is 0.803. The van der Waals surface area contributed by atoms with Crippen molar-refractivity contribution in [2.45, 2.75) is 44.2 Å². The summed E-state index contributed by atoms with van der Waals surface area (Å²) in [7, 11) is 0. The van der Waals surface area contributed by atoms with Crippen molar-refractivity contribution in [1.82, 2.24) is 15.5 Å². The Hall–Kier alpha value is -1.99. The molecule has 28 heavy (non-hydrogen) atoms. The Kier molecular flexibility index (Phi) is 5.92. The summed E-state index contributed by atoms with van der Waals surface area (Å²) in [5.41, 5.74) is 0.375. The minimum Gasteiger partial charge on any atom is -0.354 e. The average molecular weight is 388 g/mol. The summed E-state index contributed by atoms with van der Waals surface area (Å²) in [6, 6.07) is 6.23. The van der Waals surface area contributed by atoms with Gasteiger partial charge in [-0.2, -0.15) is 0 Å². The van der Waals surface area contributed by atoms with Gasteiger partial charge in [0, 0.05) is 19.6 Å². The van der Waals surface area contributed by atoms with Gasteiger partial charge in [0.15, 0.2) is 0 Å². The van der Waals surface area contributed by atoms with Gasteiger partial charge in [-0.25, -0.2) is 4.39 Å². The van der Waals surface area contributed by atoms with Crippen LogP contribution >= 0.6 is 0 Å². The molecule has 3 aliphatic heterocycles. The van der Waals surface area contributed by atoms with Gasteiger partial charge in [0.05, 0.1) is 17.8 Å². The second-order valence-electron chi connectivity index (χ2n) is 8.14. The van der Waals surface area contributed by atoms with Crippen molar-refractivity contribution >= 4 is 17.5 Å². The lowest BCUT2D eigenvalue weighted by Crippen LogP contribution is -2.50. The lowest BCUT2D eigenvalue weighted by atomic mass is 9.96. The molecule has 0 aliphatic carbocycles. The summed E-state index contributed by atoms with van der Waals surface area (Å²) in [4.78, 5) is 29.0. The number of nitrogens with zero attached hydrogens (tertiary/aromatic N) is 2. The Morgan fingerprint density at radius 1 is 1.18 bits per heavy atom. The van der Waals surface area contributed by atoms with Gasteiger partial charge >= 0.3 is 0 Å². The number of piperidine rings is 1. The van der Waals surface area contributed by atoms with Crippen LogP contribution in [0.2, 0.25) is 0 Å². The highest BCUT2D eigenvalue weighted by atomic mass is 19.1. The molecule has 1 aromatic rings. The Balaban J connectivity index is 1.32. The molecule has 6 nitrogen and oxygen atoms in total. The number of hydrogen-bond donors (Lipinski definition) is 2. The van der Waals surface area contributed by atoms with E-state index in [1.807, 2.05) is 0 Å². The van der Waals surface area contributed by atoms with Crippen LogP contribution in [0.1, 0.15) is 32.1 Å². The Bertz CT molecular complexity index is 722. The summed E-state index contributed by atoms with van der Waals surface area (Å²) in [6.07, 6.45) is 4.76.